The number of nitrogens with zero attached hydrogens (tertiary/aromatic N) is 6. The molecule has 0 saturated heterocycles. The van der Waals surface area contributed by atoms with Crippen molar-refractivity contribution < 1.29 is 4.79 Å². The Morgan fingerprint density at radius 1 is 1.10 bits per heavy atom. The third-order valence-electron chi connectivity index (χ3n) is 4.91. The van der Waals surface area contributed by atoms with E-state index < -0.39 is 0 Å². The van der Waals surface area contributed by atoms with E-state index in [1.165, 1.54) is 9.48 Å². The normalized spacial score (nSPS) is 10.9. The number of amides is 1. The zero-order valence-corrected chi connectivity index (χ0v) is 18.6. The van der Waals surface area contributed by atoms with E-state index in [0.717, 1.165) is 15.7 Å². The summed E-state index contributed by atoms with van der Waals surface area (Å²) < 4.78 is 4.20. The minimum absolute atomic E-state index is 0.106. The van der Waals surface area contributed by atoms with Gasteiger partial charge in [0.1, 0.15) is 5.69 Å². The van der Waals surface area contributed by atoms with Crippen molar-refractivity contribution in [2.75, 3.05) is 5.32 Å². The molecule has 0 aliphatic heterocycles. The van der Waals surface area contributed by atoms with Crippen LogP contribution in [0.4, 0.5) is 5.69 Å². The molecular formula is C21H20BrN7O2. The summed E-state index contributed by atoms with van der Waals surface area (Å²) >= 11 is 3.39. The minimum atomic E-state index is -0.298. The van der Waals surface area contributed by atoms with E-state index >= 15 is 0 Å². The predicted molar refractivity (Wildman–Crippen MR) is 120 cm³/mol. The number of hydrogen-bond acceptors (Lipinski definition) is 5. The third-order valence-corrected chi connectivity index (χ3v) is 5.44. The van der Waals surface area contributed by atoms with Crippen molar-refractivity contribution in [3.05, 3.63) is 75.1 Å². The summed E-state index contributed by atoms with van der Waals surface area (Å²) in [5.74, 6) is 0.186. The SMILES string of the molecule is Cc1c(NC(=O)CCn2nnc(-c3ccc(Br)cc3)n2)c(=O)n(-c2ccccc2)n1C. The molecule has 4 rings (SSSR count). The van der Waals surface area contributed by atoms with Gasteiger partial charge in [-0.05, 0) is 48.5 Å². The van der Waals surface area contributed by atoms with Crippen LogP contribution in [0.2, 0.25) is 0 Å². The largest absolute Gasteiger partial charge is 0.320 e. The van der Waals surface area contributed by atoms with Gasteiger partial charge in [-0.2, -0.15) is 4.80 Å². The Morgan fingerprint density at radius 3 is 2.52 bits per heavy atom. The Balaban J connectivity index is 1.44. The predicted octanol–water partition coefficient (Wildman–Crippen LogP) is 2.93. The van der Waals surface area contributed by atoms with Gasteiger partial charge in [0, 0.05) is 23.5 Å². The van der Waals surface area contributed by atoms with E-state index in [2.05, 4.69) is 36.7 Å². The summed E-state index contributed by atoms with van der Waals surface area (Å²) in [7, 11) is 1.78. The number of aromatic nitrogens is 6. The number of anilines is 1. The van der Waals surface area contributed by atoms with Crippen molar-refractivity contribution in [2.24, 2.45) is 7.05 Å². The number of halogens is 1. The fraction of sp³-hybridized carbons (Fsp3) is 0.190. The zero-order chi connectivity index (χ0) is 22.0. The second-order valence-electron chi connectivity index (χ2n) is 6.95. The molecule has 158 valence electrons. The van der Waals surface area contributed by atoms with Crippen LogP contribution in [0.1, 0.15) is 12.1 Å². The Morgan fingerprint density at radius 2 is 1.81 bits per heavy atom. The molecule has 0 atom stereocenters. The van der Waals surface area contributed by atoms with E-state index in [-0.39, 0.29) is 30.1 Å². The highest BCUT2D eigenvalue weighted by atomic mass is 79.9. The molecule has 4 aromatic rings. The standard InChI is InChI=1S/C21H20BrN7O2/c1-14-19(21(31)29(27(14)2)17-6-4-3-5-7-17)23-18(30)12-13-28-25-20(24-26-28)15-8-10-16(22)11-9-15/h3-11H,12-13H2,1-2H3,(H,23,30). The topological polar surface area (TPSA) is 99.6 Å². The molecule has 10 heteroatoms. The Bertz CT molecular complexity index is 1270. The smallest absolute Gasteiger partial charge is 0.295 e. The molecular weight excluding hydrogens is 462 g/mol. The van der Waals surface area contributed by atoms with Gasteiger partial charge in [-0.15, -0.1) is 10.2 Å². The van der Waals surface area contributed by atoms with E-state index in [9.17, 15) is 9.59 Å². The van der Waals surface area contributed by atoms with E-state index in [0.29, 0.717) is 11.5 Å². The molecule has 0 aliphatic rings. The first-order valence-electron chi connectivity index (χ1n) is 9.61. The summed E-state index contributed by atoms with van der Waals surface area (Å²) in [6, 6.07) is 16.8. The maximum atomic E-state index is 12.9. The molecule has 0 saturated carbocycles. The molecule has 2 heterocycles. The molecule has 31 heavy (non-hydrogen) atoms. The number of nitrogens with one attached hydrogen (secondary N) is 1. The third kappa shape index (κ3) is 4.33. The Labute approximate surface area is 186 Å². The van der Waals surface area contributed by atoms with Gasteiger partial charge >= 0.3 is 0 Å². The van der Waals surface area contributed by atoms with Crippen molar-refractivity contribution in [3.8, 4) is 17.1 Å². The summed E-state index contributed by atoms with van der Waals surface area (Å²) in [5.41, 5.74) is 2.21. The van der Waals surface area contributed by atoms with Crippen LogP contribution in [-0.4, -0.2) is 35.5 Å². The molecule has 0 aliphatic carbocycles. The average Bonchev–Trinajstić information content (AvgIpc) is 3.33. The Hall–Kier alpha value is -3.53. The van der Waals surface area contributed by atoms with Crippen LogP contribution in [0.3, 0.4) is 0 Å². The van der Waals surface area contributed by atoms with E-state index in [4.69, 9.17) is 0 Å². The number of para-hydroxylation sites is 1. The van der Waals surface area contributed by atoms with Crippen LogP contribution in [0.5, 0.6) is 0 Å². The number of aryl methyl sites for hydroxylation is 1. The first-order chi connectivity index (χ1) is 14.9. The zero-order valence-electron chi connectivity index (χ0n) is 17.0. The van der Waals surface area contributed by atoms with Crippen LogP contribution in [-0.2, 0) is 18.4 Å². The first kappa shape index (κ1) is 20.7. The number of hydrogen-bond donors (Lipinski definition) is 1. The van der Waals surface area contributed by atoms with Crippen molar-refractivity contribution in [1.29, 1.82) is 0 Å². The molecule has 1 N–H and O–H groups in total. The average molecular weight is 482 g/mol. The van der Waals surface area contributed by atoms with Crippen molar-refractivity contribution in [2.45, 2.75) is 19.9 Å². The molecule has 0 radical (unpaired) electrons. The molecule has 0 bridgehead atoms. The molecule has 0 unspecified atom stereocenters. The van der Waals surface area contributed by atoms with Gasteiger partial charge in [-0.25, -0.2) is 4.68 Å². The highest BCUT2D eigenvalue weighted by molar-refractivity contribution is 9.10. The molecule has 0 fully saturated rings. The fourth-order valence-corrected chi connectivity index (χ4v) is 3.43. The maximum Gasteiger partial charge on any atom is 0.295 e. The van der Waals surface area contributed by atoms with Crippen LogP contribution in [0, 0.1) is 6.92 Å². The lowest BCUT2D eigenvalue weighted by Crippen LogP contribution is -2.23. The quantitative estimate of drug-likeness (QED) is 0.456. The highest BCUT2D eigenvalue weighted by Crippen LogP contribution is 2.18. The van der Waals surface area contributed by atoms with Crippen molar-refractivity contribution >= 4 is 27.5 Å². The van der Waals surface area contributed by atoms with Gasteiger partial charge in [0.2, 0.25) is 11.7 Å². The number of tetrazole rings is 1. The van der Waals surface area contributed by atoms with E-state index in [1.54, 1.807) is 18.7 Å². The van der Waals surface area contributed by atoms with Gasteiger partial charge in [-0.1, -0.05) is 34.1 Å². The summed E-state index contributed by atoms with van der Waals surface area (Å²) in [6.45, 7) is 2.04. The van der Waals surface area contributed by atoms with Gasteiger partial charge in [0.25, 0.3) is 5.56 Å². The Kier molecular flexibility index (Phi) is 5.81. The molecule has 2 aromatic carbocycles. The van der Waals surface area contributed by atoms with Crippen LogP contribution in [0.15, 0.2) is 63.9 Å². The molecule has 1 amide bonds. The van der Waals surface area contributed by atoms with Crippen LogP contribution < -0.4 is 10.9 Å². The number of rotatable bonds is 6. The summed E-state index contributed by atoms with van der Waals surface area (Å²) in [4.78, 5) is 26.8. The lowest BCUT2D eigenvalue weighted by Gasteiger charge is -2.07. The van der Waals surface area contributed by atoms with Crippen LogP contribution in [0.25, 0.3) is 17.1 Å². The highest BCUT2D eigenvalue weighted by Gasteiger charge is 2.18. The second-order valence-corrected chi connectivity index (χ2v) is 7.87. The first-order valence-corrected chi connectivity index (χ1v) is 10.4. The second kappa shape index (κ2) is 8.68. The summed E-state index contributed by atoms with van der Waals surface area (Å²) in [6.07, 6.45) is 0.106. The lowest BCUT2D eigenvalue weighted by atomic mass is 10.2. The number of carbonyl (C=O) groups excluding carboxylic acids is 1. The summed E-state index contributed by atoms with van der Waals surface area (Å²) in [5, 5.41) is 15.1. The van der Waals surface area contributed by atoms with Gasteiger partial charge in [-0.3, -0.25) is 14.3 Å². The lowest BCUT2D eigenvalue weighted by molar-refractivity contribution is -0.116. The fourth-order valence-electron chi connectivity index (χ4n) is 3.17. The molecule has 9 nitrogen and oxygen atoms in total. The molecule has 0 spiro atoms. The minimum Gasteiger partial charge on any atom is -0.320 e. The number of benzene rings is 2. The van der Waals surface area contributed by atoms with Gasteiger partial charge < -0.3 is 5.32 Å². The van der Waals surface area contributed by atoms with Crippen LogP contribution >= 0.6 is 15.9 Å². The monoisotopic (exact) mass is 481 g/mol. The van der Waals surface area contributed by atoms with Crippen molar-refractivity contribution in [3.63, 3.8) is 0 Å². The van der Waals surface area contributed by atoms with Gasteiger partial charge in [0.05, 0.1) is 17.9 Å². The molecule has 2 aromatic heterocycles. The number of carbonyl (C=O) groups is 1. The van der Waals surface area contributed by atoms with Crippen molar-refractivity contribution in [1.82, 2.24) is 29.6 Å². The maximum absolute atomic E-state index is 12.9. The van der Waals surface area contributed by atoms with E-state index in [1.807, 2.05) is 54.6 Å². The van der Waals surface area contributed by atoms with Gasteiger partial charge in [0.15, 0.2) is 0 Å².